The Morgan fingerprint density at radius 3 is 2.70 bits per heavy atom. The fraction of sp³-hybridized carbons (Fsp3) is 0.286. The lowest BCUT2D eigenvalue weighted by molar-refractivity contribution is 0.631. The Kier molecular flexibility index (Phi) is 3.73. The van der Waals surface area contributed by atoms with Gasteiger partial charge in [0.25, 0.3) is 0 Å². The van der Waals surface area contributed by atoms with Crippen LogP contribution >= 0.6 is 22.6 Å². The number of benzene rings is 1. The maximum Gasteiger partial charge on any atom is 0.224 e. The van der Waals surface area contributed by atoms with Gasteiger partial charge in [-0.15, -0.1) is 0 Å². The molecule has 104 valence electrons. The van der Waals surface area contributed by atoms with Crippen molar-refractivity contribution >= 4 is 40.0 Å². The lowest BCUT2D eigenvalue weighted by Gasteiger charge is -2.10. The van der Waals surface area contributed by atoms with E-state index in [9.17, 15) is 4.39 Å². The molecule has 0 bridgehead atoms. The molecule has 2 aromatic rings. The van der Waals surface area contributed by atoms with E-state index in [1.54, 1.807) is 13.1 Å². The van der Waals surface area contributed by atoms with Gasteiger partial charge in [0.1, 0.15) is 11.6 Å². The van der Waals surface area contributed by atoms with Crippen LogP contribution in [0, 0.1) is 9.39 Å². The number of halogens is 2. The Morgan fingerprint density at radius 1 is 1.25 bits per heavy atom. The standard InChI is InChI=1S/C14H14FIN4/c1-17-14-19-12(8-2-3-8)7-13(20-14)18-11-5-4-9(16)6-10(11)15/h4-8H,2-3H2,1H3,(H2,17,18,19,20). The largest absolute Gasteiger partial charge is 0.357 e. The molecular formula is C14H14FIN4. The van der Waals surface area contributed by atoms with E-state index in [2.05, 4.69) is 43.2 Å². The summed E-state index contributed by atoms with van der Waals surface area (Å²) >= 11 is 2.08. The van der Waals surface area contributed by atoms with E-state index in [0.717, 1.165) is 22.1 Å². The fourth-order valence-electron chi connectivity index (χ4n) is 1.96. The zero-order valence-corrected chi connectivity index (χ0v) is 13.1. The Hall–Kier alpha value is -1.44. The normalized spacial score (nSPS) is 14.2. The third-order valence-corrected chi connectivity index (χ3v) is 3.83. The highest BCUT2D eigenvalue weighted by atomic mass is 127. The molecule has 20 heavy (non-hydrogen) atoms. The number of hydrogen-bond donors (Lipinski definition) is 2. The van der Waals surface area contributed by atoms with Crippen molar-refractivity contribution in [2.24, 2.45) is 0 Å². The maximum absolute atomic E-state index is 13.9. The molecule has 3 rings (SSSR count). The molecule has 0 radical (unpaired) electrons. The topological polar surface area (TPSA) is 49.8 Å². The average Bonchev–Trinajstić information content (AvgIpc) is 3.26. The van der Waals surface area contributed by atoms with E-state index >= 15 is 0 Å². The van der Waals surface area contributed by atoms with Crippen LogP contribution in [-0.2, 0) is 0 Å². The second-order valence-corrected chi connectivity index (χ2v) is 6.02. The van der Waals surface area contributed by atoms with Crippen LogP contribution < -0.4 is 10.6 Å². The van der Waals surface area contributed by atoms with E-state index in [0.29, 0.717) is 23.4 Å². The molecule has 0 spiro atoms. The van der Waals surface area contributed by atoms with Gasteiger partial charge >= 0.3 is 0 Å². The summed E-state index contributed by atoms with van der Waals surface area (Å²) in [4.78, 5) is 8.75. The summed E-state index contributed by atoms with van der Waals surface area (Å²) in [5, 5.41) is 5.97. The van der Waals surface area contributed by atoms with E-state index in [1.807, 2.05) is 12.1 Å². The van der Waals surface area contributed by atoms with E-state index < -0.39 is 0 Å². The van der Waals surface area contributed by atoms with E-state index in [4.69, 9.17) is 0 Å². The molecule has 2 N–H and O–H groups in total. The van der Waals surface area contributed by atoms with Crippen LogP contribution in [0.1, 0.15) is 24.5 Å². The molecule has 1 saturated carbocycles. The third kappa shape index (κ3) is 3.00. The van der Waals surface area contributed by atoms with Gasteiger partial charge in [0.15, 0.2) is 0 Å². The molecule has 0 saturated heterocycles. The molecule has 1 aliphatic rings. The molecule has 1 aromatic heterocycles. The van der Waals surface area contributed by atoms with Gasteiger partial charge in [-0.1, -0.05) is 0 Å². The predicted octanol–water partition coefficient (Wildman–Crippen LogP) is 3.88. The Morgan fingerprint density at radius 2 is 2.05 bits per heavy atom. The Balaban J connectivity index is 1.91. The van der Waals surface area contributed by atoms with Crippen molar-refractivity contribution in [2.45, 2.75) is 18.8 Å². The van der Waals surface area contributed by atoms with Gasteiger partial charge in [0, 0.05) is 22.6 Å². The first-order valence-electron chi connectivity index (χ1n) is 6.44. The molecule has 1 aromatic carbocycles. The molecule has 0 aliphatic heterocycles. The fourth-order valence-corrected chi connectivity index (χ4v) is 2.41. The van der Waals surface area contributed by atoms with Crippen molar-refractivity contribution < 1.29 is 4.39 Å². The minimum Gasteiger partial charge on any atom is -0.357 e. The monoisotopic (exact) mass is 384 g/mol. The first-order chi connectivity index (χ1) is 9.65. The summed E-state index contributed by atoms with van der Waals surface area (Å²) < 4.78 is 14.7. The Bertz CT molecular complexity index is 643. The number of anilines is 3. The molecular weight excluding hydrogens is 370 g/mol. The van der Waals surface area contributed by atoms with Crippen LogP contribution in [0.5, 0.6) is 0 Å². The molecule has 1 heterocycles. The van der Waals surface area contributed by atoms with Crippen LogP contribution in [0.2, 0.25) is 0 Å². The number of nitrogens with zero attached hydrogens (tertiary/aromatic N) is 2. The van der Waals surface area contributed by atoms with Gasteiger partial charge in [0.05, 0.1) is 11.4 Å². The van der Waals surface area contributed by atoms with Crippen LogP contribution in [-0.4, -0.2) is 17.0 Å². The quantitative estimate of drug-likeness (QED) is 0.786. The van der Waals surface area contributed by atoms with Gasteiger partial charge in [-0.2, -0.15) is 4.98 Å². The lowest BCUT2D eigenvalue weighted by Crippen LogP contribution is -2.04. The number of hydrogen-bond acceptors (Lipinski definition) is 4. The second-order valence-electron chi connectivity index (χ2n) is 4.78. The van der Waals surface area contributed by atoms with Gasteiger partial charge in [-0.3, -0.25) is 0 Å². The average molecular weight is 384 g/mol. The molecule has 0 atom stereocenters. The summed E-state index contributed by atoms with van der Waals surface area (Å²) in [5.74, 6) is 1.41. The number of aromatic nitrogens is 2. The molecule has 0 unspecified atom stereocenters. The van der Waals surface area contributed by atoms with Crippen LogP contribution in [0.25, 0.3) is 0 Å². The highest BCUT2D eigenvalue weighted by Gasteiger charge is 2.26. The molecule has 1 fully saturated rings. The zero-order valence-electron chi connectivity index (χ0n) is 11.0. The smallest absolute Gasteiger partial charge is 0.224 e. The van der Waals surface area contributed by atoms with Gasteiger partial charge < -0.3 is 10.6 Å². The number of nitrogens with one attached hydrogen (secondary N) is 2. The van der Waals surface area contributed by atoms with E-state index in [-0.39, 0.29) is 5.82 Å². The van der Waals surface area contributed by atoms with Gasteiger partial charge in [-0.05, 0) is 53.6 Å². The minimum atomic E-state index is -0.283. The van der Waals surface area contributed by atoms with Crippen LogP contribution in [0.4, 0.5) is 21.8 Å². The van der Waals surface area contributed by atoms with Crippen molar-refractivity contribution in [2.75, 3.05) is 17.7 Å². The minimum absolute atomic E-state index is 0.283. The van der Waals surface area contributed by atoms with Gasteiger partial charge in [0.2, 0.25) is 5.95 Å². The summed E-state index contributed by atoms with van der Waals surface area (Å²) in [7, 11) is 1.78. The van der Waals surface area contributed by atoms with Crippen molar-refractivity contribution in [3.63, 3.8) is 0 Å². The summed E-state index contributed by atoms with van der Waals surface area (Å²) in [6.07, 6.45) is 2.33. The van der Waals surface area contributed by atoms with E-state index in [1.165, 1.54) is 6.07 Å². The highest BCUT2D eigenvalue weighted by Crippen LogP contribution is 2.40. The van der Waals surface area contributed by atoms with Crippen molar-refractivity contribution in [3.05, 3.63) is 39.3 Å². The zero-order chi connectivity index (χ0) is 14.1. The SMILES string of the molecule is CNc1nc(Nc2ccc(I)cc2F)cc(C2CC2)n1. The lowest BCUT2D eigenvalue weighted by atomic mass is 10.2. The Labute approximate surface area is 130 Å². The first kappa shape index (κ1) is 13.5. The molecule has 4 nitrogen and oxygen atoms in total. The van der Waals surface area contributed by atoms with Crippen molar-refractivity contribution in [3.8, 4) is 0 Å². The number of rotatable bonds is 4. The van der Waals surface area contributed by atoms with Crippen LogP contribution in [0.3, 0.4) is 0 Å². The van der Waals surface area contributed by atoms with Gasteiger partial charge in [-0.25, -0.2) is 9.37 Å². The van der Waals surface area contributed by atoms with Crippen molar-refractivity contribution in [1.29, 1.82) is 0 Å². The third-order valence-electron chi connectivity index (χ3n) is 3.16. The second kappa shape index (κ2) is 5.51. The summed E-state index contributed by atoms with van der Waals surface area (Å²) in [6.45, 7) is 0. The first-order valence-corrected chi connectivity index (χ1v) is 7.52. The maximum atomic E-state index is 13.9. The molecule has 0 amide bonds. The van der Waals surface area contributed by atoms with Crippen LogP contribution in [0.15, 0.2) is 24.3 Å². The molecule has 6 heteroatoms. The summed E-state index contributed by atoms with van der Waals surface area (Å²) in [6, 6.07) is 6.96. The highest BCUT2D eigenvalue weighted by molar-refractivity contribution is 14.1. The van der Waals surface area contributed by atoms with Crippen molar-refractivity contribution in [1.82, 2.24) is 9.97 Å². The summed E-state index contributed by atoms with van der Waals surface area (Å²) in [5.41, 5.74) is 1.44. The predicted molar refractivity (Wildman–Crippen MR) is 86.0 cm³/mol. The molecule has 1 aliphatic carbocycles.